The highest BCUT2D eigenvalue weighted by Crippen LogP contribution is 2.22. The van der Waals surface area contributed by atoms with Crippen molar-refractivity contribution in [1.29, 1.82) is 0 Å². The number of aliphatic hydroxyl groups is 1. The minimum Gasteiger partial charge on any atom is -0.389 e. The van der Waals surface area contributed by atoms with E-state index >= 15 is 0 Å². The van der Waals surface area contributed by atoms with E-state index in [4.69, 9.17) is 0 Å². The Morgan fingerprint density at radius 3 is 3.17 bits per heavy atom. The maximum atomic E-state index is 9.34. The van der Waals surface area contributed by atoms with Gasteiger partial charge in [0.1, 0.15) is 0 Å². The van der Waals surface area contributed by atoms with E-state index in [-0.39, 0.29) is 6.10 Å². The van der Waals surface area contributed by atoms with Gasteiger partial charge in [0.2, 0.25) is 0 Å². The summed E-state index contributed by atoms with van der Waals surface area (Å²) in [5.74, 6) is 0. The summed E-state index contributed by atoms with van der Waals surface area (Å²) in [6.45, 7) is 3.69. The third-order valence-corrected chi connectivity index (χ3v) is 2.33. The summed E-state index contributed by atoms with van der Waals surface area (Å²) in [5.41, 5.74) is 1.44. The molecule has 0 radical (unpaired) electrons. The van der Waals surface area contributed by atoms with Gasteiger partial charge in [0.15, 0.2) is 0 Å². The second-order valence-electron chi connectivity index (χ2n) is 3.47. The van der Waals surface area contributed by atoms with Crippen LogP contribution in [0.5, 0.6) is 0 Å². The van der Waals surface area contributed by atoms with Crippen molar-refractivity contribution in [3.05, 3.63) is 24.3 Å². The Balaban J connectivity index is 2.25. The van der Waals surface area contributed by atoms with E-state index in [0.29, 0.717) is 0 Å². The van der Waals surface area contributed by atoms with Crippen molar-refractivity contribution in [1.82, 2.24) is 0 Å². The maximum Gasteiger partial charge on any atom is 0.0723 e. The van der Waals surface area contributed by atoms with Crippen LogP contribution in [0.15, 0.2) is 24.3 Å². The molecule has 1 unspecified atom stereocenters. The first-order valence-corrected chi connectivity index (χ1v) is 4.81. The highest BCUT2D eigenvalue weighted by atomic mass is 16.3. The second-order valence-corrected chi connectivity index (χ2v) is 3.47. The molecule has 0 saturated heterocycles. The first-order valence-electron chi connectivity index (χ1n) is 4.81. The smallest absolute Gasteiger partial charge is 0.0723 e. The van der Waals surface area contributed by atoms with Crippen LogP contribution in [0.1, 0.15) is 38.5 Å². The van der Waals surface area contributed by atoms with Crippen molar-refractivity contribution in [2.24, 2.45) is 0 Å². The first-order chi connectivity index (χ1) is 5.83. The molecule has 68 valence electrons. The lowest BCUT2D eigenvalue weighted by Gasteiger charge is -2.16. The standard InChI is InChI=1S/C11H18O/c1-2-3-4-6-10-7-5-8-11(12)9-10/h2,9,11-12H,1,3-8H2. The molecule has 0 aromatic carbocycles. The predicted molar refractivity (Wildman–Crippen MR) is 52.0 cm³/mol. The lowest BCUT2D eigenvalue weighted by Crippen LogP contribution is -2.08. The molecular formula is C11H18O. The van der Waals surface area contributed by atoms with Gasteiger partial charge < -0.3 is 5.11 Å². The predicted octanol–water partition coefficient (Wildman–Crippen LogP) is 2.81. The molecule has 0 bridgehead atoms. The Kier molecular flexibility index (Phi) is 4.09. The molecule has 1 aliphatic rings. The Bertz CT molecular complexity index is 170. The van der Waals surface area contributed by atoms with E-state index in [2.05, 4.69) is 6.58 Å². The normalized spacial score (nSPS) is 23.4. The van der Waals surface area contributed by atoms with Crippen molar-refractivity contribution >= 4 is 0 Å². The number of rotatable bonds is 4. The fraction of sp³-hybridized carbons (Fsp3) is 0.636. The van der Waals surface area contributed by atoms with Crippen molar-refractivity contribution in [3.8, 4) is 0 Å². The van der Waals surface area contributed by atoms with Crippen LogP contribution >= 0.6 is 0 Å². The molecule has 1 nitrogen and oxygen atoms in total. The molecule has 0 aromatic rings. The van der Waals surface area contributed by atoms with Crippen LogP contribution in [0.3, 0.4) is 0 Å². The molecular weight excluding hydrogens is 148 g/mol. The Morgan fingerprint density at radius 2 is 2.50 bits per heavy atom. The summed E-state index contributed by atoms with van der Waals surface area (Å²) in [6.07, 6.45) is 10.5. The highest BCUT2D eigenvalue weighted by Gasteiger charge is 2.09. The Labute approximate surface area is 74.8 Å². The minimum atomic E-state index is -0.169. The largest absolute Gasteiger partial charge is 0.389 e. The summed E-state index contributed by atoms with van der Waals surface area (Å²) in [5, 5.41) is 9.34. The molecule has 1 rings (SSSR count). The van der Waals surface area contributed by atoms with Gasteiger partial charge in [-0.05, 0) is 38.5 Å². The third kappa shape index (κ3) is 3.22. The van der Waals surface area contributed by atoms with Gasteiger partial charge >= 0.3 is 0 Å². The lowest BCUT2D eigenvalue weighted by molar-refractivity contribution is 0.201. The molecule has 0 aliphatic heterocycles. The van der Waals surface area contributed by atoms with Gasteiger partial charge in [-0.3, -0.25) is 0 Å². The van der Waals surface area contributed by atoms with Crippen LogP contribution in [0.2, 0.25) is 0 Å². The van der Waals surface area contributed by atoms with E-state index in [0.717, 1.165) is 25.7 Å². The number of hydrogen-bond donors (Lipinski definition) is 1. The van der Waals surface area contributed by atoms with Crippen LogP contribution in [0, 0.1) is 0 Å². The zero-order valence-electron chi connectivity index (χ0n) is 7.63. The van der Waals surface area contributed by atoms with Crippen LogP contribution in [0.25, 0.3) is 0 Å². The van der Waals surface area contributed by atoms with Gasteiger partial charge in [0, 0.05) is 0 Å². The third-order valence-electron chi connectivity index (χ3n) is 2.33. The summed E-state index contributed by atoms with van der Waals surface area (Å²) < 4.78 is 0. The van der Waals surface area contributed by atoms with Crippen LogP contribution in [0.4, 0.5) is 0 Å². The van der Waals surface area contributed by atoms with E-state index in [1.54, 1.807) is 0 Å². The summed E-state index contributed by atoms with van der Waals surface area (Å²) in [7, 11) is 0. The van der Waals surface area contributed by atoms with Crippen LogP contribution < -0.4 is 0 Å². The summed E-state index contributed by atoms with van der Waals surface area (Å²) in [6, 6.07) is 0. The molecule has 0 fully saturated rings. The molecule has 1 aliphatic carbocycles. The van der Waals surface area contributed by atoms with Crippen molar-refractivity contribution in [2.75, 3.05) is 0 Å². The Hall–Kier alpha value is -0.560. The molecule has 1 N–H and O–H groups in total. The fourth-order valence-corrected chi connectivity index (χ4v) is 1.66. The van der Waals surface area contributed by atoms with Gasteiger partial charge in [-0.25, -0.2) is 0 Å². The molecule has 0 amide bonds. The quantitative estimate of drug-likeness (QED) is 0.503. The number of unbranched alkanes of at least 4 members (excludes halogenated alkanes) is 1. The minimum absolute atomic E-state index is 0.169. The number of aliphatic hydroxyl groups excluding tert-OH is 1. The maximum absolute atomic E-state index is 9.34. The van der Waals surface area contributed by atoms with E-state index < -0.39 is 0 Å². The zero-order chi connectivity index (χ0) is 8.81. The summed E-state index contributed by atoms with van der Waals surface area (Å²) >= 11 is 0. The average Bonchev–Trinajstić information content (AvgIpc) is 2.05. The number of hydrogen-bond acceptors (Lipinski definition) is 1. The second kappa shape index (κ2) is 5.15. The van der Waals surface area contributed by atoms with Crippen molar-refractivity contribution < 1.29 is 5.11 Å². The molecule has 1 heteroatoms. The first kappa shape index (κ1) is 9.53. The lowest BCUT2D eigenvalue weighted by atomic mass is 9.94. The Morgan fingerprint density at radius 1 is 1.67 bits per heavy atom. The van der Waals surface area contributed by atoms with Gasteiger partial charge in [-0.1, -0.05) is 17.7 Å². The highest BCUT2D eigenvalue weighted by molar-refractivity contribution is 5.08. The van der Waals surface area contributed by atoms with Gasteiger partial charge in [-0.15, -0.1) is 6.58 Å². The monoisotopic (exact) mass is 166 g/mol. The van der Waals surface area contributed by atoms with Crippen LogP contribution in [-0.2, 0) is 0 Å². The summed E-state index contributed by atoms with van der Waals surface area (Å²) in [4.78, 5) is 0. The molecule has 12 heavy (non-hydrogen) atoms. The van der Waals surface area contributed by atoms with E-state index in [9.17, 15) is 5.11 Å². The van der Waals surface area contributed by atoms with E-state index in [1.807, 2.05) is 12.2 Å². The average molecular weight is 166 g/mol. The van der Waals surface area contributed by atoms with Gasteiger partial charge in [-0.2, -0.15) is 0 Å². The molecule has 0 spiro atoms. The van der Waals surface area contributed by atoms with E-state index in [1.165, 1.54) is 18.4 Å². The van der Waals surface area contributed by atoms with Crippen LogP contribution in [-0.4, -0.2) is 11.2 Å². The molecule has 1 atom stereocenters. The molecule has 0 heterocycles. The van der Waals surface area contributed by atoms with Crippen molar-refractivity contribution in [3.63, 3.8) is 0 Å². The van der Waals surface area contributed by atoms with Gasteiger partial charge in [0.25, 0.3) is 0 Å². The fourth-order valence-electron chi connectivity index (χ4n) is 1.66. The SMILES string of the molecule is C=CCCCC1=CC(O)CCC1. The van der Waals surface area contributed by atoms with Crippen molar-refractivity contribution in [2.45, 2.75) is 44.6 Å². The number of allylic oxidation sites excluding steroid dienone is 2. The zero-order valence-corrected chi connectivity index (χ0v) is 7.63. The van der Waals surface area contributed by atoms with Gasteiger partial charge in [0.05, 0.1) is 6.10 Å². The molecule has 0 aromatic heterocycles. The molecule has 0 saturated carbocycles. The topological polar surface area (TPSA) is 20.2 Å².